The zero-order chi connectivity index (χ0) is 35.5. The number of nitrogens with one attached hydrogen (secondary N) is 3. The molecule has 7 rings (SSSR count). The van der Waals surface area contributed by atoms with Gasteiger partial charge in [0.2, 0.25) is 11.8 Å². The van der Waals surface area contributed by atoms with Crippen LogP contribution >= 0.6 is 0 Å². The topological polar surface area (TPSA) is 192 Å². The van der Waals surface area contributed by atoms with Gasteiger partial charge in [0, 0.05) is 49.7 Å². The Bertz CT molecular complexity index is 2280. The van der Waals surface area contributed by atoms with Crippen molar-refractivity contribution in [3.63, 3.8) is 0 Å². The number of hydrogen-bond acceptors (Lipinski definition) is 9. The first-order valence-electron chi connectivity index (χ1n) is 16.2. The minimum atomic E-state index is -4.34. The van der Waals surface area contributed by atoms with Gasteiger partial charge in [-0.15, -0.1) is 0 Å². The zero-order valence-electron chi connectivity index (χ0n) is 26.9. The highest BCUT2D eigenvalue weighted by molar-refractivity contribution is 7.92. The van der Waals surface area contributed by atoms with Crippen LogP contribution in [0, 0.1) is 11.7 Å². The van der Waals surface area contributed by atoms with Gasteiger partial charge in [-0.25, -0.2) is 18.2 Å². The van der Waals surface area contributed by atoms with Gasteiger partial charge in [-0.2, -0.15) is 8.42 Å². The Balaban J connectivity index is 0.957. The summed E-state index contributed by atoms with van der Waals surface area (Å²) in [5, 5.41) is 15.9. The molecule has 3 fully saturated rings. The number of imidazole rings is 1. The Labute approximate surface area is 284 Å². The Hall–Kier alpha value is -5.45. The highest BCUT2D eigenvalue weighted by Gasteiger charge is 2.38. The summed E-state index contributed by atoms with van der Waals surface area (Å²) in [6.45, 7) is 1.29. The highest BCUT2D eigenvalue weighted by Crippen LogP contribution is 2.38. The minimum absolute atomic E-state index is 0.0242. The van der Waals surface area contributed by atoms with Gasteiger partial charge < -0.3 is 15.3 Å². The van der Waals surface area contributed by atoms with Crippen molar-refractivity contribution in [1.29, 1.82) is 0 Å². The smallest absolute Gasteiger partial charge is 0.329 e. The van der Waals surface area contributed by atoms with Crippen molar-refractivity contribution in [2.24, 2.45) is 13.0 Å². The Morgan fingerprint density at radius 3 is 2.46 bits per heavy atom. The molecule has 4 aromatic rings. The van der Waals surface area contributed by atoms with E-state index in [2.05, 4.69) is 15.5 Å². The summed E-state index contributed by atoms with van der Waals surface area (Å²) in [4.78, 5) is 64.1. The molecule has 17 heteroatoms. The fourth-order valence-corrected chi connectivity index (χ4v) is 8.28. The maximum Gasteiger partial charge on any atom is 0.329 e. The first kappa shape index (κ1) is 33.1. The van der Waals surface area contributed by atoms with Crippen molar-refractivity contribution in [1.82, 2.24) is 24.5 Å². The summed E-state index contributed by atoms with van der Waals surface area (Å²) in [5.41, 5.74) is 1.56. The first-order chi connectivity index (χ1) is 23.8. The van der Waals surface area contributed by atoms with Crippen LogP contribution in [0.4, 0.5) is 15.8 Å². The molecule has 1 unspecified atom stereocenters. The number of phenols is 1. The molecule has 3 aliphatic heterocycles. The van der Waals surface area contributed by atoms with Gasteiger partial charge in [0.1, 0.15) is 24.0 Å². The number of anilines is 2. The Morgan fingerprint density at radius 2 is 1.76 bits per heavy atom. The second kappa shape index (κ2) is 12.5. The number of piperidine rings is 2. The van der Waals surface area contributed by atoms with Crippen LogP contribution in [-0.2, 0) is 31.6 Å². The third-order valence-corrected chi connectivity index (χ3v) is 11.2. The number of phenolic OH excluding ortho intramolecular Hbond substituents is 1. The van der Waals surface area contributed by atoms with Gasteiger partial charge in [0.05, 0.1) is 11.0 Å². The number of aromatic hydroxyl groups is 1. The third kappa shape index (κ3) is 5.80. The normalized spacial score (nSPS) is 19.6. The van der Waals surface area contributed by atoms with Gasteiger partial charge in [0.15, 0.2) is 5.82 Å². The quantitative estimate of drug-likeness (QED) is 0.206. The number of carbonyl (C=O) groups is 4. The lowest BCUT2D eigenvalue weighted by atomic mass is 9.93. The summed E-state index contributed by atoms with van der Waals surface area (Å²) < 4.78 is 45.0. The van der Waals surface area contributed by atoms with Crippen LogP contribution in [-0.4, -0.2) is 72.5 Å². The van der Waals surface area contributed by atoms with Crippen LogP contribution in [0.2, 0.25) is 0 Å². The second-order valence-electron chi connectivity index (χ2n) is 12.9. The maximum atomic E-state index is 15.4. The second-order valence-corrected chi connectivity index (χ2v) is 14.5. The van der Waals surface area contributed by atoms with E-state index in [4.69, 9.17) is 0 Å². The van der Waals surface area contributed by atoms with Crippen LogP contribution in [0.1, 0.15) is 48.5 Å². The number of carbonyl (C=O) groups excluding carboxylic acids is 4. The summed E-state index contributed by atoms with van der Waals surface area (Å²) in [6.07, 6.45) is 2.95. The molecule has 3 saturated heterocycles. The molecular weight excluding hydrogens is 673 g/mol. The lowest BCUT2D eigenvalue weighted by Gasteiger charge is -2.33. The zero-order valence-corrected chi connectivity index (χ0v) is 27.8. The number of rotatable bonds is 7. The van der Waals surface area contributed by atoms with Crippen LogP contribution in [0.5, 0.6) is 5.75 Å². The predicted octanol–water partition coefficient (Wildman–Crippen LogP) is 1.53. The molecule has 0 bridgehead atoms. The monoisotopic (exact) mass is 707 g/mol. The number of aromatic nitrogens is 2. The van der Waals surface area contributed by atoms with Crippen LogP contribution < -0.4 is 30.3 Å². The Kier molecular flexibility index (Phi) is 8.24. The van der Waals surface area contributed by atoms with Gasteiger partial charge in [0.25, 0.3) is 11.8 Å². The van der Waals surface area contributed by atoms with Crippen molar-refractivity contribution in [3.8, 4) is 5.75 Å². The molecular formula is C33H34FN7O8S. The van der Waals surface area contributed by atoms with E-state index in [9.17, 15) is 37.5 Å². The minimum Gasteiger partial charge on any atom is -0.506 e. The van der Waals surface area contributed by atoms with E-state index in [0.717, 1.165) is 44.1 Å². The van der Waals surface area contributed by atoms with E-state index in [1.807, 2.05) is 18.2 Å². The summed E-state index contributed by atoms with van der Waals surface area (Å²) >= 11 is 0. The largest absolute Gasteiger partial charge is 0.506 e. The average molecular weight is 708 g/mol. The molecule has 0 spiro atoms. The van der Waals surface area contributed by atoms with Crippen molar-refractivity contribution in [2.75, 3.05) is 35.4 Å². The average Bonchev–Trinajstić information content (AvgIpc) is 3.49. The van der Waals surface area contributed by atoms with Gasteiger partial charge in [-0.05, 0) is 73.4 Å². The van der Waals surface area contributed by atoms with Gasteiger partial charge >= 0.3 is 15.9 Å². The number of halogens is 1. The number of fused-ring (bicyclic) bond motifs is 2. The van der Waals surface area contributed by atoms with E-state index < -0.39 is 51.9 Å². The van der Waals surface area contributed by atoms with E-state index in [-0.39, 0.29) is 46.7 Å². The van der Waals surface area contributed by atoms with Gasteiger partial charge in [-0.3, -0.25) is 33.6 Å². The van der Waals surface area contributed by atoms with Gasteiger partial charge in [-0.1, -0.05) is 6.07 Å². The maximum absolute atomic E-state index is 15.4. The van der Waals surface area contributed by atoms with Crippen LogP contribution in [0.15, 0.2) is 47.3 Å². The molecule has 0 radical (unpaired) electrons. The molecule has 50 heavy (non-hydrogen) atoms. The number of hydrogen-bond donors (Lipinski definition) is 4. The molecule has 4 amide bonds. The SMILES string of the molecule is Cn1c(=O)n(C2CCC(=O)NC2=O)c2ccc(N3CCC(CCNC(=O)c4ccc5c(F)c(N6CC(=O)NS6(=O)=O)c(O)cc5c4)CC3)cc21. The van der Waals surface area contributed by atoms with E-state index in [1.54, 1.807) is 11.8 Å². The number of nitrogens with zero attached hydrogens (tertiary/aromatic N) is 4. The van der Waals surface area contributed by atoms with Crippen molar-refractivity contribution < 1.29 is 37.1 Å². The van der Waals surface area contributed by atoms with Crippen molar-refractivity contribution in [2.45, 2.75) is 38.1 Å². The lowest BCUT2D eigenvalue weighted by Crippen LogP contribution is -2.44. The molecule has 0 aliphatic carbocycles. The number of imide groups is 1. The molecule has 1 atom stereocenters. The standard InChI is InChI=1S/C33H34FN7O8S/c1-38-25-16-21(3-5-23(25)41(33(38)47)24-6-7-27(43)36-32(24)46)39-12-9-18(10-13-39)8-11-35-31(45)19-2-4-22-20(14-19)15-26(42)30(29(22)34)40-17-28(44)37-50(40,48)49/h2-5,14-16,18,24,42H,6-13,17H2,1H3,(H,35,45)(H,37,44)(H,36,43,46). The Morgan fingerprint density at radius 1 is 1.00 bits per heavy atom. The lowest BCUT2D eigenvalue weighted by molar-refractivity contribution is -0.135. The predicted molar refractivity (Wildman–Crippen MR) is 180 cm³/mol. The number of benzene rings is 3. The summed E-state index contributed by atoms with van der Waals surface area (Å²) in [6, 6.07) is 10.3. The highest BCUT2D eigenvalue weighted by atomic mass is 32.2. The number of amides is 4. The van der Waals surface area contributed by atoms with Crippen LogP contribution in [0.25, 0.3) is 21.8 Å². The third-order valence-electron chi connectivity index (χ3n) is 9.78. The first-order valence-corrected chi connectivity index (χ1v) is 17.6. The van der Waals surface area contributed by atoms with E-state index in [0.29, 0.717) is 27.8 Å². The molecule has 3 aromatic carbocycles. The van der Waals surface area contributed by atoms with Crippen LogP contribution in [0.3, 0.4) is 0 Å². The molecule has 1 aromatic heterocycles. The number of aryl methyl sites for hydroxylation is 1. The summed E-state index contributed by atoms with van der Waals surface area (Å²) in [5.74, 6) is -3.41. The fraction of sp³-hybridized carbons (Fsp3) is 0.364. The van der Waals surface area contributed by atoms with Crippen molar-refractivity contribution >= 4 is 67.0 Å². The molecule has 4 heterocycles. The molecule has 4 N–H and O–H groups in total. The van der Waals surface area contributed by atoms with E-state index >= 15 is 4.39 Å². The fourth-order valence-electron chi connectivity index (χ4n) is 7.11. The molecule has 0 saturated carbocycles. The van der Waals surface area contributed by atoms with Crippen molar-refractivity contribution in [3.05, 3.63) is 64.3 Å². The van der Waals surface area contributed by atoms with E-state index in [1.165, 1.54) is 27.3 Å². The molecule has 15 nitrogen and oxygen atoms in total. The molecule has 262 valence electrons. The summed E-state index contributed by atoms with van der Waals surface area (Å²) in [7, 11) is -2.68. The molecule has 3 aliphatic rings.